The summed E-state index contributed by atoms with van der Waals surface area (Å²) in [6, 6.07) is 9.94. The maximum atomic E-state index is 11.5. The minimum atomic E-state index is -3.35. The Bertz CT molecular complexity index is 651. The van der Waals surface area contributed by atoms with Crippen molar-refractivity contribution < 1.29 is 8.42 Å². The van der Waals surface area contributed by atoms with E-state index in [4.69, 9.17) is 0 Å². The molecule has 5 nitrogen and oxygen atoms in total. The molecular formula is C13H17N3O2S2. The lowest BCUT2D eigenvalue weighted by Gasteiger charge is -2.11. The quantitative estimate of drug-likeness (QED) is 0.884. The van der Waals surface area contributed by atoms with Crippen molar-refractivity contribution in [3.05, 3.63) is 41.4 Å². The van der Waals surface area contributed by atoms with E-state index in [1.54, 1.807) is 11.3 Å². The fourth-order valence-electron chi connectivity index (χ4n) is 1.57. The number of rotatable bonds is 6. The Morgan fingerprint density at radius 2 is 1.95 bits per heavy atom. The second-order valence-corrected chi connectivity index (χ2v) is 7.27. The van der Waals surface area contributed by atoms with Crippen LogP contribution >= 0.6 is 11.3 Å². The van der Waals surface area contributed by atoms with E-state index in [2.05, 4.69) is 9.71 Å². The van der Waals surface area contributed by atoms with E-state index < -0.39 is 10.2 Å². The Balaban J connectivity index is 1.94. The summed E-state index contributed by atoms with van der Waals surface area (Å²) >= 11 is 1.57. The molecule has 0 aliphatic carbocycles. The Hall–Kier alpha value is -1.28. The molecular weight excluding hydrogens is 294 g/mol. The van der Waals surface area contributed by atoms with Gasteiger partial charge in [0.2, 0.25) is 0 Å². The van der Waals surface area contributed by atoms with Crippen LogP contribution < -0.4 is 4.72 Å². The summed E-state index contributed by atoms with van der Waals surface area (Å²) in [4.78, 5) is 4.52. The van der Waals surface area contributed by atoms with Gasteiger partial charge in [-0.05, 0) is 0 Å². The highest BCUT2D eigenvalue weighted by atomic mass is 32.2. The molecule has 0 fully saturated rings. The molecule has 0 bridgehead atoms. The predicted molar refractivity (Wildman–Crippen MR) is 81.9 cm³/mol. The number of thiazole rings is 1. The van der Waals surface area contributed by atoms with Gasteiger partial charge in [-0.15, -0.1) is 11.3 Å². The molecule has 2 rings (SSSR count). The first-order valence-electron chi connectivity index (χ1n) is 6.16. The summed E-state index contributed by atoms with van der Waals surface area (Å²) in [6.45, 7) is 0.346. The maximum Gasteiger partial charge on any atom is 0.278 e. The van der Waals surface area contributed by atoms with Crippen molar-refractivity contribution in [3.63, 3.8) is 0 Å². The van der Waals surface area contributed by atoms with E-state index in [-0.39, 0.29) is 0 Å². The molecule has 0 atom stereocenters. The van der Waals surface area contributed by atoms with Crippen LogP contribution in [0.15, 0.2) is 35.7 Å². The molecule has 0 spiro atoms. The zero-order valence-electron chi connectivity index (χ0n) is 11.4. The molecule has 1 N–H and O–H groups in total. The van der Waals surface area contributed by atoms with E-state index in [0.717, 1.165) is 20.6 Å². The van der Waals surface area contributed by atoms with Gasteiger partial charge in [0.15, 0.2) is 0 Å². The molecule has 0 saturated heterocycles. The zero-order chi connectivity index (χ0) is 14.6. The van der Waals surface area contributed by atoms with Gasteiger partial charge in [-0.1, -0.05) is 30.3 Å². The van der Waals surface area contributed by atoms with Gasteiger partial charge in [-0.25, -0.2) is 9.71 Å². The molecule has 7 heteroatoms. The predicted octanol–water partition coefficient (Wildman–Crippen LogP) is 1.75. The largest absolute Gasteiger partial charge is 0.278 e. The van der Waals surface area contributed by atoms with Crippen molar-refractivity contribution in [1.29, 1.82) is 0 Å². The van der Waals surface area contributed by atoms with E-state index in [0.29, 0.717) is 13.0 Å². The van der Waals surface area contributed by atoms with Crippen LogP contribution in [0.2, 0.25) is 0 Å². The van der Waals surface area contributed by atoms with E-state index in [9.17, 15) is 8.42 Å². The minimum absolute atomic E-state index is 0.346. The van der Waals surface area contributed by atoms with Gasteiger partial charge in [0.25, 0.3) is 10.2 Å². The van der Waals surface area contributed by atoms with Gasteiger partial charge in [0.1, 0.15) is 5.01 Å². The summed E-state index contributed by atoms with van der Waals surface area (Å²) in [5.41, 5.74) is 1.98. The molecule has 0 amide bonds. The van der Waals surface area contributed by atoms with Crippen LogP contribution in [0, 0.1) is 0 Å². The van der Waals surface area contributed by atoms with Gasteiger partial charge in [0.05, 0.1) is 5.69 Å². The average molecular weight is 311 g/mol. The number of nitrogens with one attached hydrogen (secondary N) is 1. The second kappa shape index (κ2) is 6.45. The first kappa shape index (κ1) is 15.1. The van der Waals surface area contributed by atoms with E-state index in [1.807, 2.05) is 35.7 Å². The molecule has 0 radical (unpaired) electrons. The summed E-state index contributed by atoms with van der Waals surface area (Å²) in [6.07, 6.45) is 0.580. The van der Waals surface area contributed by atoms with Crippen molar-refractivity contribution in [2.75, 3.05) is 20.6 Å². The maximum absolute atomic E-state index is 11.5. The van der Waals surface area contributed by atoms with Crippen molar-refractivity contribution in [3.8, 4) is 10.6 Å². The number of hydrogen-bond donors (Lipinski definition) is 1. The summed E-state index contributed by atoms with van der Waals surface area (Å²) in [5, 5.41) is 2.92. The normalized spacial score (nSPS) is 11.9. The molecule has 20 heavy (non-hydrogen) atoms. The number of benzene rings is 1. The fraction of sp³-hybridized carbons (Fsp3) is 0.308. The minimum Gasteiger partial charge on any atom is -0.241 e. The van der Waals surface area contributed by atoms with Crippen LogP contribution in [0.5, 0.6) is 0 Å². The van der Waals surface area contributed by atoms with Gasteiger partial charge < -0.3 is 0 Å². The Labute approximate surface area is 123 Å². The van der Waals surface area contributed by atoms with Crippen molar-refractivity contribution in [1.82, 2.24) is 14.0 Å². The highest BCUT2D eigenvalue weighted by Crippen LogP contribution is 2.23. The topological polar surface area (TPSA) is 62.3 Å². The van der Waals surface area contributed by atoms with E-state index >= 15 is 0 Å². The van der Waals surface area contributed by atoms with Gasteiger partial charge in [-0.3, -0.25) is 0 Å². The molecule has 2 aromatic rings. The summed E-state index contributed by atoms with van der Waals surface area (Å²) < 4.78 is 26.8. The molecule has 108 valence electrons. The number of hydrogen-bond acceptors (Lipinski definition) is 4. The summed E-state index contributed by atoms with van der Waals surface area (Å²) in [5.74, 6) is 0. The van der Waals surface area contributed by atoms with Crippen LogP contribution in [0.3, 0.4) is 0 Å². The standard InChI is InChI=1S/C13H17N3O2S2/c1-16(2)20(17,18)14-9-8-12-10-19-13(15-12)11-6-4-3-5-7-11/h3-7,10,14H,8-9H2,1-2H3. The first-order chi connectivity index (χ1) is 9.49. The van der Waals surface area contributed by atoms with Crippen LogP contribution in [0.4, 0.5) is 0 Å². The van der Waals surface area contributed by atoms with Gasteiger partial charge in [-0.2, -0.15) is 12.7 Å². The number of nitrogens with zero attached hydrogens (tertiary/aromatic N) is 2. The third-order valence-corrected chi connectivity index (χ3v) is 5.19. The number of aromatic nitrogens is 1. The van der Waals surface area contributed by atoms with Crippen LogP contribution in [0.25, 0.3) is 10.6 Å². The fourth-order valence-corrected chi connectivity index (χ4v) is 3.05. The Morgan fingerprint density at radius 1 is 1.25 bits per heavy atom. The lowest BCUT2D eigenvalue weighted by Crippen LogP contribution is -2.36. The monoisotopic (exact) mass is 311 g/mol. The van der Waals surface area contributed by atoms with E-state index in [1.165, 1.54) is 14.1 Å². The lowest BCUT2D eigenvalue weighted by atomic mass is 10.2. The SMILES string of the molecule is CN(C)S(=O)(=O)NCCc1csc(-c2ccccc2)n1. The molecule has 0 aliphatic rings. The Morgan fingerprint density at radius 3 is 2.60 bits per heavy atom. The lowest BCUT2D eigenvalue weighted by molar-refractivity contribution is 0.506. The second-order valence-electron chi connectivity index (χ2n) is 4.44. The third-order valence-electron chi connectivity index (χ3n) is 2.72. The van der Waals surface area contributed by atoms with Crippen molar-refractivity contribution in [2.24, 2.45) is 0 Å². The highest BCUT2D eigenvalue weighted by molar-refractivity contribution is 7.87. The highest BCUT2D eigenvalue weighted by Gasteiger charge is 2.12. The average Bonchev–Trinajstić information content (AvgIpc) is 2.88. The molecule has 1 aromatic carbocycles. The van der Waals surface area contributed by atoms with Gasteiger partial charge in [0, 0.05) is 38.0 Å². The Kier molecular flexibility index (Phi) is 4.87. The van der Waals surface area contributed by atoms with Crippen molar-refractivity contribution >= 4 is 21.5 Å². The van der Waals surface area contributed by atoms with Crippen LogP contribution in [-0.2, 0) is 16.6 Å². The molecule has 0 unspecified atom stereocenters. The first-order valence-corrected chi connectivity index (χ1v) is 8.48. The van der Waals surface area contributed by atoms with Crippen LogP contribution in [0.1, 0.15) is 5.69 Å². The smallest absolute Gasteiger partial charge is 0.241 e. The molecule has 1 heterocycles. The van der Waals surface area contributed by atoms with Crippen molar-refractivity contribution in [2.45, 2.75) is 6.42 Å². The molecule has 0 saturated carbocycles. The van der Waals surface area contributed by atoms with Gasteiger partial charge >= 0.3 is 0 Å². The zero-order valence-corrected chi connectivity index (χ0v) is 13.0. The molecule has 1 aromatic heterocycles. The third kappa shape index (κ3) is 3.86. The van der Waals surface area contributed by atoms with Crippen LogP contribution in [-0.4, -0.2) is 38.3 Å². The molecule has 0 aliphatic heterocycles. The summed E-state index contributed by atoms with van der Waals surface area (Å²) in [7, 11) is -0.357.